The number of nitrogens with two attached hydrogens (primary N) is 1. The molecule has 0 fully saturated rings. The van der Waals surface area contributed by atoms with E-state index in [2.05, 4.69) is 5.32 Å². The molecule has 0 aliphatic carbocycles. The van der Waals surface area contributed by atoms with Gasteiger partial charge < -0.3 is 16.2 Å². The van der Waals surface area contributed by atoms with Crippen molar-refractivity contribution in [3.05, 3.63) is 23.8 Å². The quantitative estimate of drug-likeness (QED) is 0.671. The Kier molecular flexibility index (Phi) is 4.15. The van der Waals surface area contributed by atoms with Gasteiger partial charge in [0.05, 0.1) is 11.3 Å². The highest BCUT2D eigenvalue weighted by atomic mass is 16.3. The molecule has 16 heavy (non-hydrogen) atoms. The van der Waals surface area contributed by atoms with Crippen LogP contribution in [0.5, 0.6) is 0 Å². The van der Waals surface area contributed by atoms with Gasteiger partial charge in [0, 0.05) is 18.3 Å². The van der Waals surface area contributed by atoms with Crippen molar-refractivity contribution >= 4 is 11.4 Å². The molecule has 0 aliphatic heterocycles. The van der Waals surface area contributed by atoms with E-state index in [0.717, 1.165) is 5.69 Å². The molecule has 0 saturated carbocycles. The van der Waals surface area contributed by atoms with Crippen molar-refractivity contribution in [3.8, 4) is 6.07 Å². The fourth-order valence-electron chi connectivity index (χ4n) is 1.32. The second kappa shape index (κ2) is 5.38. The molecule has 1 aromatic rings. The lowest BCUT2D eigenvalue weighted by atomic mass is 10.0. The second-order valence-corrected chi connectivity index (χ2v) is 4.01. The molecule has 0 aliphatic rings. The molecule has 2 atom stereocenters. The van der Waals surface area contributed by atoms with Crippen LogP contribution in [0.3, 0.4) is 0 Å². The Labute approximate surface area is 95.7 Å². The van der Waals surface area contributed by atoms with Crippen molar-refractivity contribution in [1.29, 1.82) is 5.26 Å². The highest BCUT2D eigenvalue weighted by molar-refractivity contribution is 5.62. The first-order chi connectivity index (χ1) is 7.58. The zero-order chi connectivity index (χ0) is 12.1. The minimum Gasteiger partial charge on any atom is -0.398 e. The Morgan fingerprint density at radius 3 is 2.69 bits per heavy atom. The molecular weight excluding hydrogens is 202 g/mol. The summed E-state index contributed by atoms with van der Waals surface area (Å²) in [6.07, 6.45) is 0. The SMILES string of the molecule is CC(CO)C(C)Nc1ccc(C#N)c(N)c1. The number of hydrogen-bond donors (Lipinski definition) is 3. The van der Waals surface area contributed by atoms with Crippen LogP contribution in [-0.2, 0) is 0 Å². The molecule has 4 heteroatoms. The van der Waals surface area contributed by atoms with E-state index in [1.807, 2.05) is 26.0 Å². The lowest BCUT2D eigenvalue weighted by molar-refractivity contribution is 0.226. The Morgan fingerprint density at radius 1 is 1.50 bits per heavy atom. The number of aliphatic hydroxyl groups is 1. The summed E-state index contributed by atoms with van der Waals surface area (Å²) in [5.74, 6) is 0.164. The van der Waals surface area contributed by atoms with Gasteiger partial charge in [0.15, 0.2) is 0 Å². The van der Waals surface area contributed by atoms with E-state index in [1.165, 1.54) is 0 Å². The van der Waals surface area contributed by atoms with Crippen molar-refractivity contribution in [3.63, 3.8) is 0 Å². The molecule has 0 spiro atoms. The number of nitrogens with one attached hydrogen (secondary N) is 1. The molecule has 1 rings (SSSR count). The van der Waals surface area contributed by atoms with Crippen LogP contribution >= 0.6 is 0 Å². The van der Waals surface area contributed by atoms with E-state index in [-0.39, 0.29) is 18.6 Å². The summed E-state index contributed by atoms with van der Waals surface area (Å²) >= 11 is 0. The van der Waals surface area contributed by atoms with Gasteiger partial charge in [-0.15, -0.1) is 0 Å². The number of anilines is 2. The Balaban J connectivity index is 2.76. The highest BCUT2D eigenvalue weighted by Gasteiger charge is 2.11. The first-order valence-electron chi connectivity index (χ1n) is 5.25. The van der Waals surface area contributed by atoms with Crippen LogP contribution in [-0.4, -0.2) is 17.8 Å². The molecule has 4 nitrogen and oxygen atoms in total. The summed E-state index contributed by atoms with van der Waals surface area (Å²) in [6, 6.07) is 7.41. The van der Waals surface area contributed by atoms with E-state index in [0.29, 0.717) is 11.3 Å². The van der Waals surface area contributed by atoms with Gasteiger partial charge >= 0.3 is 0 Å². The molecule has 0 saturated heterocycles. The van der Waals surface area contributed by atoms with Gasteiger partial charge in [-0.2, -0.15) is 5.26 Å². The van der Waals surface area contributed by atoms with Gasteiger partial charge in [-0.1, -0.05) is 6.92 Å². The van der Waals surface area contributed by atoms with E-state index >= 15 is 0 Å². The second-order valence-electron chi connectivity index (χ2n) is 4.01. The van der Waals surface area contributed by atoms with Crippen LogP contribution < -0.4 is 11.1 Å². The van der Waals surface area contributed by atoms with Crippen LogP contribution in [0, 0.1) is 17.2 Å². The summed E-state index contributed by atoms with van der Waals surface area (Å²) in [5.41, 5.74) is 7.52. The summed E-state index contributed by atoms with van der Waals surface area (Å²) in [6.45, 7) is 4.10. The van der Waals surface area contributed by atoms with E-state index < -0.39 is 0 Å². The zero-order valence-electron chi connectivity index (χ0n) is 9.57. The Hall–Kier alpha value is -1.73. The third-order valence-electron chi connectivity index (χ3n) is 2.71. The topological polar surface area (TPSA) is 82.1 Å². The maximum absolute atomic E-state index is 9.01. The summed E-state index contributed by atoms with van der Waals surface area (Å²) < 4.78 is 0. The number of nitrogen functional groups attached to an aromatic ring is 1. The van der Waals surface area contributed by atoms with Gasteiger partial charge in [-0.25, -0.2) is 0 Å². The fraction of sp³-hybridized carbons (Fsp3) is 0.417. The molecule has 1 aromatic carbocycles. The van der Waals surface area contributed by atoms with Gasteiger partial charge in [-0.05, 0) is 31.0 Å². The normalized spacial score (nSPS) is 13.9. The van der Waals surface area contributed by atoms with Crippen LogP contribution in [0.15, 0.2) is 18.2 Å². The number of nitriles is 1. The molecule has 0 bridgehead atoms. The van der Waals surface area contributed by atoms with Gasteiger partial charge in [-0.3, -0.25) is 0 Å². The van der Waals surface area contributed by atoms with Crippen molar-refractivity contribution in [1.82, 2.24) is 0 Å². The predicted molar refractivity (Wildman–Crippen MR) is 64.9 cm³/mol. The monoisotopic (exact) mass is 219 g/mol. The molecule has 2 unspecified atom stereocenters. The van der Waals surface area contributed by atoms with E-state index in [4.69, 9.17) is 16.1 Å². The van der Waals surface area contributed by atoms with Crippen molar-refractivity contribution in [2.45, 2.75) is 19.9 Å². The molecule has 0 radical (unpaired) electrons. The molecule has 0 heterocycles. The lowest BCUT2D eigenvalue weighted by Gasteiger charge is -2.20. The summed E-state index contributed by atoms with van der Waals surface area (Å²) in [4.78, 5) is 0. The maximum atomic E-state index is 9.01. The lowest BCUT2D eigenvalue weighted by Crippen LogP contribution is -2.26. The maximum Gasteiger partial charge on any atom is 0.101 e. The molecule has 0 aromatic heterocycles. The first kappa shape index (κ1) is 12.3. The minimum atomic E-state index is 0.139. The third-order valence-corrected chi connectivity index (χ3v) is 2.71. The molecule has 4 N–H and O–H groups in total. The highest BCUT2D eigenvalue weighted by Crippen LogP contribution is 2.19. The number of benzene rings is 1. The van der Waals surface area contributed by atoms with Crippen LogP contribution in [0.2, 0.25) is 0 Å². The van der Waals surface area contributed by atoms with Gasteiger partial charge in [0.25, 0.3) is 0 Å². The Bertz CT molecular complexity index is 398. The van der Waals surface area contributed by atoms with Crippen molar-refractivity contribution in [2.75, 3.05) is 17.7 Å². The average molecular weight is 219 g/mol. The number of nitrogens with zero attached hydrogens (tertiary/aromatic N) is 1. The van der Waals surface area contributed by atoms with Gasteiger partial charge in [0.1, 0.15) is 6.07 Å². The first-order valence-corrected chi connectivity index (χ1v) is 5.25. The molecule has 86 valence electrons. The standard InChI is InChI=1S/C12H17N3O/c1-8(7-16)9(2)15-11-4-3-10(6-13)12(14)5-11/h3-5,8-9,15-16H,7,14H2,1-2H3. The average Bonchev–Trinajstić information content (AvgIpc) is 2.28. The number of rotatable bonds is 4. The third kappa shape index (κ3) is 2.88. The minimum absolute atomic E-state index is 0.139. The molecule has 0 amide bonds. The molecular formula is C12H17N3O. The Morgan fingerprint density at radius 2 is 2.19 bits per heavy atom. The zero-order valence-corrected chi connectivity index (χ0v) is 9.57. The predicted octanol–water partition coefficient (Wildman–Crippen LogP) is 1.57. The van der Waals surface area contributed by atoms with Crippen molar-refractivity contribution in [2.24, 2.45) is 5.92 Å². The van der Waals surface area contributed by atoms with Crippen molar-refractivity contribution < 1.29 is 5.11 Å². The smallest absolute Gasteiger partial charge is 0.101 e. The van der Waals surface area contributed by atoms with Gasteiger partial charge in [0.2, 0.25) is 0 Å². The van der Waals surface area contributed by atoms with E-state index in [1.54, 1.807) is 12.1 Å². The summed E-state index contributed by atoms with van der Waals surface area (Å²) in [7, 11) is 0. The number of hydrogen-bond acceptors (Lipinski definition) is 4. The van der Waals surface area contributed by atoms with Crippen LogP contribution in [0.4, 0.5) is 11.4 Å². The van der Waals surface area contributed by atoms with E-state index in [9.17, 15) is 0 Å². The van der Waals surface area contributed by atoms with Crippen LogP contribution in [0.25, 0.3) is 0 Å². The number of aliphatic hydroxyl groups excluding tert-OH is 1. The fourth-order valence-corrected chi connectivity index (χ4v) is 1.32. The largest absolute Gasteiger partial charge is 0.398 e. The summed E-state index contributed by atoms with van der Waals surface area (Å²) in [5, 5.41) is 21.0. The van der Waals surface area contributed by atoms with Crippen LogP contribution in [0.1, 0.15) is 19.4 Å².